The second-order valence-electron chi connectivity index (χ2n) is 9.23. The lowest BCUT2D eigenvalue weighted by atomic mass is 9.87. The van der Waals surface area contributed by atoms with Crippen molar-refractivity contribution in [1.29, 1.82) is 0 Å². The molecule has 3 atom stereocenters. The minimum Gasteiger partial charge on any atom is -0.378 e. The van der Waals surface area contributed by atoms with Crippen LogP contribution >= 0.6 is 0 Å². The number of piperazine rings is 1. The smallest absolute Gasteiger partial charge is 0.239 e. The van der Waals surface area contributed by atoms with Crippen molar-refractivity contribution in [3.8, 4) is 0 Å². The molecule has 0 aromatic heterocycles. The highest BCUT2D eigenvalue weighted by atomic mass is 16.5. The van der Waals surface area contributed by atoms with E-state index in [2.05, 4.69) is 18.7 Å². The van der Waals surface area contributed by atoms with E-state index in [0.29, 0.717) is 24.4 Å². The first-order chi connectivity index (χ1) is 13.5. The molecule has 3 heterocycles. The van der Waals surface area contributed by atoms with Crippen molar-refractivity contribution >= 4 is 11.8 Å². The highest BCUT2D eigenvalue weighted by molar-refractivity contribution is 5.81. The first kappa shape index (κ1) is 21.6. The molecule has 2 amide bonds. The maximum absolute atomic E-state index is 12.8. The molecule has 0 radical (unpaired) electrons. The number of piperidine rings is 1. The van der Waals surface area contributed by atoms with E-state index >= 15 is 0 Å². The predicted octanol–water partition coefficient (Wildman–Crippen LogP) is 2.37. The lowest BCUT2D eigenvalue weighted by Crippen LogP contribution is -2.56. The Labute approximate surface area is 170 Å². The number of hydrogen-bond acceptors (Lipinski definition) is 4. The Morgan fingerprint density at radius 3 is 2.25 bits per heavy atom. The minimum atomic E-state index is -0.0716. The second kappa shape index (κ2) is 10.1. The van der Waals surface area contributed by atoms with Gasteiger partial charge in [0.25, 0.3) is 0 Å². The van der Waals surface area contributed by atoms with Gasteiger partial charge in [0.1, 0.15) is 0 Å². The third-order valence-electron chi connectivity index (χ3n) is 6.87. The van der Waals surface area contributed by atoms with Gasteiger partial charge in [-0.2, -0.15) is 0 Å². The lowest BCUT2D eigenvalue weighted by Gasteiger charge is -2.40. The third kappa shape index (κ3) is 5.47. The van der Waals surface area contributed by atoms with Gasteiger partial charge in [0.15, 0.2) is 0 Å². The molecule has 28 heavy (non-hydrogen) atoms. The Morgan fingerprint density at radius 2 is 1.61 bits per heavy atom. The van der Waals surface area contributed by atoms with Crippen LogP contribution in [0.3, 0.4) is 0 Å². The molecule has 3 aliphatic heterocycles. The van der Waals surface area contributed by atoms with E-state index in [1.54, 1.807) is 0 Å². The largest absolute Gasteiger partial charge is 0.378 e. The summed E-state index contributed by atoms with van der Waals surface area (Å²) in [6, 6.07) is -0.0716. The Bertz CT molecular complexity index is 525. The molecule has 0 saturated carbocycles. The Hall–Kier alpha value is -1.14. The number of amides is 2. The Morgan fingerprint density at radius 1 is 0.929 bits per heavy atom. The maximum atomic E-state index is 12.8. The molecule has 0 bridgehead atoms. The van der Waals surface area contributed by atoms with Gasteiger partial charge in [0.2, 0.25) is 11.8 Å². The number of carbonyl (C=O) groups excluding carboxylic acids is 2. The lowest BCUT2D eigenvalue weighted by molar-refractivity contribution is -0.140. The standard InChI is InChI=1S/C22H39N3O3/c1-17(2)20-15-19(7-14-28-20)16-21(26)24-12-10-23(11-13-24)18(3)22(27)25-8-5-4-6-9-25/h17-20H,4-16H2,1-3H3/t18-,19-,20-/m0/s1. The average Bonchev–Trinajstić information content (AvgIpc) is 2.73. The molecule has 6 nitrogen and oxygen atoms in total. The van der Waals surface area contributed by atoms with Gasteiger partial charge in [0, 0.05) is 52.3 Å². The van der Waals surface area contributed by atoms with E-state index in [1.165, 1.54) is 6.42 Å². The van der Waals surface area contributed by atoms with Crippen LogP contribution < -0.4 is 0 Å². The number of hydrogen-bond donors (Lipinski definition) is 0. The number of rotatable bonds is 5. The fourth-order valence-electron chi connectivity index (χ4n) is 4.82. The monoisotopic (exact) mass is 393 g/mol. The van der Waals surface area contributed by atoms with E-state index in [9.17, 15) is 9.59 Å². The highest BCUT2D eigenvalue weighted by Gasteiger charge is 2.32. The summed E-state index contributed by atoms with van der Waals surface area (Å²) in [5, 5.41) is 0. The van der Waals surface area contributed by atoms with Gasteiger partial charge in [-0.1, -0.05) is 13.8 Å². The van der Waals surface area contributed by atoms with Gasteiger partial charge in [-0.15, -0.1) is 0 Å². The average molecular weight is 394 g/mol. The summed E-state index contributed by atoms with van der Waals surface area (Å²) in [4.78, 5) is 31.8. The fraction of sp³-hybridized carbons (Fsp3) is 0.909. The van der Waals surface area contributed by atoms with Crippen LogP contribution in [0, 0.1) is 11.8 Å². The maximum Gasteiger partial charge on any atom is 0.239 e. The SMILES string of the molecule is CC(C)[C@@H]1C[C@@H](CC(=O)N2CCN([C@@H](C)C(=O)N3CCCCC3)CC2)CCO1. The van der Waals surface area contributed by atoms with Crippen molar-refractivity contribution in [2.24, 2.45) is 11.8 Å². The number of nitrogens with zero attached hydrogens (tertiary/aromatic N) is 3. The predicted molar refractivity (Wildman–Crippen MR) is 110 cm³/mol. The first-order valence-corrected chi connectivity index (χ1v) is 11.4. The molecule has 3 rings (SSSR count). The zero-order chi connectivity index (χ0) is 20.1. The molecule has 0 aliphatic carbocycles. The Kier molecular flexibility index (Phi) is 7.75. The van der Waals surface area contributed by atoms with Gasteiger partial charge >= 0.3 is 0 Å². The first-order valence-electron chi connectivity index (χ1n) is 11.4. The van der Waals surface area contributed by atoms with Crippen molar-refractivity contribution in [2.45, 2.75) is 71.4 Å². The normalized spacial score (nSPS) is 28.4. The molecule has 0 aromatic carbocycles. The molecule has 3 fully saturated rings. The van der Waals surface area contributed by atoms with Gasteiger partial charge in [-0.3, -0.25) is 14.5 Å². The molecular formula is C22H39N3O3. The molecule has 0 aromatic rings. The minimum absolute atomic E-state index is 0.0716. The van der Waals surface area contributed by atoms with Crippen LogP contribution in [0.5, 0.6) is 0 Å². The van der Waals surface area contributed by atoms with Gasteiger partial charge < -0.3 is 14.5 Å². The number of likely N-dealkylation sites (tertiary alicyclic amines) is 1. The highest BCUT2D eigenvalue weighted by Crippen LogP contribution is 2.28. The van der Waals surface area contributed by atoms with E-state index in [-0.39, 0.29) is 17.9 Å². The summed E-state index contributed by atoms with van der Waals surface area (Å²) in [5.41, 5.74) is 0. The van der Waals surface area contributed by atoms with Gasteiger partial charge in [0.05, 0.1) is 12.1 Å². The molecule has 0 N–H and O–H groups in total. The van der Waals surface area contributed by atoms with Crippen molar-refractivity contribution in [1.82, 2.24) is 14.7 Å². The summed E-state index contributed by atoms with van der Waals surface area (Å²) in [7, 11) is 0. The van der Waals surface area contributed by atoms with Crippen LogP contribution in [0.2, 0.25) is 0 Å². The van der Waals surface area contributed by atoms with Gasteiger partial charge in [-0.25, -0.2) is 0 Å². The van der Waals surface area contributed by atoms with Crippen molar-refractivity contribution in [3.63, 3.8) is 0 Å². The van der Waals surface area contributed by atoms with Crippen LogP contribution in [-0.2, 0) is 14.3 Å². The quantitative estimate of drug-likeness (QED) is 0.720. The molecular weight excluding hydrogens is 354 g/mol. The zero-order valence-corrected chi connectivity index (χ0v) is 18.1. The van der Waals surface area contributed by atoms with Crippen LogP contribution in [0.1, 0.15) is 59.3 Å². The topological polar surface area (TPSA) is 53.1 Å². The van der Waals surface area contributed by atoms with Crippen LogP contribution in [0.25, 0.3) is 0 Å². The van der Waals surface area contributed by atoms with Crippen LogP contribution in [0.4, 0.5) is 0 Å². The summed E-state index contributed by atoms with van der Waals surface area (Å²) in [5.74, 6) is 1.51. The number of ether oxygens (including phenoxy) is 1. The fourth-order valence-corrected chi connectivity index (χ4v) is 4.82. The third-order valence-corrected chi connectivity index (χ3v) is 6.87. The van der Waals surface area contributed by atoms with Crippen LogP contribution in [-0.4, -0.2) is 84.5 Å². The molecule has 0 unspecified atom stereocenters. The molecule has 3 aliphatic rings. The number of carbonyl (C=O) groups is 2. The molecule has 0 spiro atoms. The van der Waals surface area contributed by atoms with E-state index in [1.807, 2.05) is 16.7 Å². The molecule has 160 valence electrons. The Balaban J connectivity index is 1.42. The van der Waals surface area contributed by atoms with E-state index in [0.717, 1.165) is 71.6 Å². The van der Waals surface area contributed by atoms with E-state index < -0.39 is 0 Å². The van der Waals surface area contributed by atoms with Gasteiger partial charge in [-0.05, 0) is 50.9 Å². The molecule has 3 saturated heterocycles. The summed E-state index contributed by atoms with van der Waals surface area (Å²) in [6.45, 7) is 12.1. The summed E-state index contributed by atoms with van der Waals surface area (Å²) < 4.78 is 5.84. The second-order valence-corrected chi connectivity index (χ2v) is 9.23. The van der Waals surface area contributed by atoms with Crippen molar-refractivity contribution < 1.29 is 14.3 Å². The van der Waals surface area contributed by atoms with Crippen LogP contribution in [0.15, 0.2) is 0 Å². The van der Waals surface area contributed by atoms with Crippen molar-refractivity contribution in [3.05, 3.63) is 0 Å². The summed E-state index contributed by atoms with van der Waals surface area (Å²) in [6.07, 6.45) is 6.44. The summed E-state index contributed by atoms with van der Waals surface area (Å²) >= 11 is 0. The zero-order valence-electron chi connectivity index (χ0n) is 18.1. The van der Waals surface area contributed by atoms with E-state index in [4.69, 9.17) is 4.74 Å². The van der Waals surface area contributed by atoms with Crippen molar-refractivity contribution in [2.75, 3.05) is 45.9 Å². The molecule has 6 heteroatoms.